The third-order valence-electron chi connectivity index (χ3n) is 5.81. The van der Waals surface area contributed by atoms with Crippen molar-refractivity contribution in [1.82, 2.24) is 5.43 Å². The highest BCUT2D eigenvalue weighted by atomic mass is 35.5. The zero-order valence-corrected chi connectivity index (χ0v) is 23.7. The number of carbonyl (C=O) groups is 2. The minimum absolute atomic E-state index is 0.0160. The van der Waals surface area contributed by atoms with E-state index in [0.29, 0.717) is 15.6 Å². The van der Waals surface area contributed by atoms with Crippen molar-refractivity contribution in [3.63, 3.8) is 0 Å². The fourth-order valence-corrected chi connectivity index (χ4v) is 5.40. The predicted molar refractivity (Wildman–Crippen MR) is 146 cm³/mol. The molecule has 2 amide bonds. The van der Waals surface area contributed by atoms with Crippen molar-refractivity contribution in [2.75, 3.05) is 10.7 Å². The number of benzene rings is 3. The molecule has 0 aromatic heterocycles. The van der Waals surface area contributed by atoms with Gasteiger partial charge in [0.25, 0.3) is 5.91 Å². The number of hydrogen-bond acceptors (Lipinski definition) is 4. The van der Waals surface area contributed by atoms with Crippen LogP contribution in [-0.4, -0.2) is 28.4 Å². The van der Waals surface area contributed by atoms with Crippen LogP contribution >= 0.6 is 58.0 Å². The molecule has 3 N–H and O–H groups in total. The Morgan fingerprint density at radius 2 is 1.41 bits per heavy atom. The van der Waals surface area contributed by atoms with Gasteiger partial charge in [-0.25, -0.2) is 0 Å². The van der Waals surface area contributed by atoms with Gasteiger partial charge in [-0.15, -0.1) is 23.2 Å². The average molecular weight is 678 g/mol. The predicted octanol–water partition coefficient (Wildman–Crippen LogP) is 8.46. The highest BCUT2D eigenvalue weighted by molar-refractivity contribution is 6.53. The van der Waals surface area contributed by atoms with E-state index in [2.05, 4.69) is 20.9 Å². The monoisotopic (exact) mass is 675 g/mol. The summed E-state index contributed by atoms with van der Waals surface area (Å²) in [5.41, 5.74) is 5.56. The Labute approximate surface area is 253 Å². The van der Waals surface area contributed by atoms with E-state index in [9.17, 15) is 31.5 Å². The Balaban J connectivity index is 1.39. The Hall–Kier alpha value is -2.70. The number of alkyl halides is 7. The first kappa shape index (κ1) is 31.2. The lowest BCUT2D eigenvalue weighted by Gasteiger charge is -2.20. The van der Waals surface area contributed by atoms with Crippen molar-refractivity contribution < 1.29 is 36.3 Å². The molecule has 3 aromatic rings. The van der Waals surface area contributed by atoms with Crippen molar-refractivity contribution in [2.24, 2.45) is 5.92 Å². The molecule has 218 valence electrons. The SMILES string of the molecule is O=C(NNc1ccc(OC(F)(F)C(F)(F)F)cc1)c1cc(NC(=O)C2C(c3cc(Cl)cc(Cl)c3)C2(Cl)Cl)ccc1Cl. The number of anilines is 2. The number of nitrogens with one attached hydrogen (secondary N) is 3. The van der Waals surface area contributed by atoms with Crippen LogP contribution in [0.2, 0.25) is 15.1 Å². The van der Waals surface area contributed by atoms with E-state index < -0.39 is 46.0 Å². The molecule has 1 aliphatic carbocycles. The molecular weight excluding hydrogens is 663 g/mol. The molecule has 0 spiro atoms. The Bertz CT molecular complexity index is 1470. The lowest BCUT2D eigenvalue weighted by molar-refractivity contribution is -0.360. The maximum atomic E-state index is 13.0. The lowest BCUT2D eigenvalue weighted by atomic mass is 10.1. The molecule has 2 unspecified atom stereocenters. The van der Waals surface area contributed by atoms with Crippen molar-refractivity contribution in [3.8, 4) is 5.75 Å². The summed E-state index contributed by atoms with van der Waals surface area (Å²) in [4.78, 5) is 25.7. The zero-order valence-electron chi connectivity index (χ0n) is 19.9. The van der Waals surface area contributed by atoms with E-state index in [1.165, 1.54) is 24.3 Å². The first-order valence-electron chi connectivity index (χ1n) is 11.2. The minimum atomic E-state index is -5.90. The zero-order chi connectivity index (χ0) is 30.3. The molecule has 4 rings (SSSR count). The van der Waals surface area contributed by atoms with Crippen LogP contribution in [0.3, 0.4) is 0 Å². The standard InChI is InChI=1S/C25H15Cl5F5N3O3/c26-12-7-11(8-13(27)9-12)19-20(23(19,29)30)22(40)36-15-3-6-18(28)17(10-15)21(39)38-37-14-1-4-16(5-2-14)41-25(34,35)24(31,32)33/h1-10,19-20,37H,(H,36,40)(H,38,39). The van der Waals surface area contributed by atoms with Crippen molar-refractivity contribution in [1.29, 1.82) is 0 Å². The molecule has 6 nitrogen and oxygen atoms in total. The van der Waals surface area contributed by atoms with Gasteiger partial charge in [0.1, 0.15) is 10.1 Å². The van der Waals surface area contributed by atoms with Gasteiger partial charge in [0.15, 0.2) is 0 Å². The van der Waals surface area contributed by atoms with Crippen LogP contribution in [0.25, 0.3) is 0 Å². The van der Waals surface area contributed by atoms with Crippen molar-refractivity contribution in [3.05, 3.63) is 86.9 Å². The summed E-state index contributed by atoms with van der Waals surface area (Å²) < 4.78 is 65.2. The molecule has 0 radical (unpaired) electrons. The normalized spacial score (nSPS) is 17.9. The van der Waals surface area contributed by atoms with Gasteiger partial charge in [0.2, 0.25) is 5.91 Å². The van der Waals surface area contributed by atoms with Gasteiger partial charge < -0.3 is 10.1 Å². The third-order valence-corrected chi connectivity index (χ3v) is 7.52. The molecule has 0 bridgehead atoms. The van der Waals surface area contributed by atoms with Crippen LogP contribution in [-0.2, 0) is 4.79 Å². The van der Waals surface area contributed by atoms with E-state index in [0.717, 1.165) is 24.3 Å². The Kier molecular flexibility index (Phi) is 8.78. The number of hydrogen-bond donors (Lipinski definition) is 3. The largest absolute Gasteiger partial charge is 0.499 e. The smallest absolute Gasteiger partial charge is 0.426 e. The summed E-state index contributed by atoms with van der Waals surface area (Å²) >= 11 is 31.0. The number of carbonyl (C=O) groups excluding carboxylic acids is 2. The summed E-state index contributed by atoms with van der Waals surface area (Å²) in [6.45, 7) is 0. The van der Waals surface area contributed by atoms with Gasteiger partial charge >= 0.3 is 12.3 Å². The van der Waals surface area contributed by atoms with Crippen LogP contribution in [0.5, 0.6) is 5.75 Å². The van der Waals surface area contributed by atoms with Crippen LogP contribution in [0.4, 0.5) is 33.3 Å². The number of amides is 2. The van der Waals surface area contributed by atoms with Crippen LogP contribution in [0, 0.1) is 5.92 Å². The number of rotatable bonds is 8. The van der Waals surface area contributed by atoms with Crippen molar-refractivity contribution in [2.45, 2.75) is 22.5 Å². The second kappa shape index (κ2) is 11.5. The highest BCUT2D eigenvalue weighted by Crippen LogP contribution is 2.65. The van der Waals surface area contributed by atoms with Crippen LogP contribution < -0.4 is 20.9 Å². The van der Waals surface area contributed by atoms with E-state index >= 15 is 0 Å². The summed E-state index contributed by atoms with van der Waals surface area (Å²) in [7, 11) is 0. The van der Waals surface area contributed by atoms with E-state index in [4.69, 9.17) is 58.0 Å². The molecule has 41 heavy (non-hydrogen) atoms. The average Bonchev–Trinajstić information content (AvgIpc) is 3.45. The summed E-state index contributed by atoms with van der Waals surface area (Å²) in [5.74, 6) is -3.53. The fourth-order valence-electron chi connectivity index (χ4n) is 3.83. The summed E-state index contributed by atoms with van der Waals surface area (Å²) in [6.07, 6.45) is -11.3. The summed E-state index contributed by atoms with van der Waals surface area (Å²) in [6, 6.07) is 12.7. The number of hydrazine groups is 1. The molecule has 0 aliphatic heterocycles. The first-order valence-corrected chi connectivity index (χ1v) is 13.1. The van der Waals surface area contributed by atoms with Gasteiger partial charge in [-0.2, -0.15) is 22.0 Å². The minimum Gasteiger partial charge on any atom is -0.426 e. The molecule has 1 fully saturated rings. The van der Waals surface area contributed by atoms with Gasteiger partial charge in [0.05, 0.1) is 22.2 Å². The molecule has 1 saturated carbocycles. The van der Waals surface area contributed by atoms with Crippen molar-refractivity contribution >= 4 is 81.2 Å². The highest BCUT2D eigenvalue weighted by Gasteiger charge is 2.67. The van der Waals surface area contributed by atoms with Gasteiger partial charge in [-0.3, -0.25) is 20.4 Å². The molecular formula is C25H15Cl5F5N3O3. The van der Waals surface area contributed by atoms with Crippen LogP contribution in [0.15, 0.2) is 60.7 Å². The van der Waals surface area contributed by atoms with E-state index in [1.807, 2.05) is 0 Å². The molecule has 16 heteroatoms. The summed E-state index contributed by atoms with van der Waals surface area (Å²) in [5, 5.41) is 3.34. The quantitative estimate of drug-likeness (QED) is 0.127. The second-order valence-electron chi connectivity index (χ2n) is 8.74. The first-order chi connectivity index (χ1) is 19.0. The topological polar surface area (TPSA) is 79.5 Å². The van der Waals surface area contributed by atoms with Gasteiger partial charge in [0, 0.05) is 21.7 Å². The molecule has 0 saturated heterocycles. The number of ether oxygens (including phenoxy) is 1. The van der Waals surface area contributed by atoms with Gasteiger partial charge in [-0.05, 0) is 66.2 Å². The Morgan fingerprint density at radius 1 is 0.829 bits per heavy atom. The Morgan fingerprint density at radius 3 is 2.00 bits per heavy atom. The maximum Gasteiger partial charge on any atom is 0.499 e. The number of halogens is 10. The molecule has 2 atom stereocenters. The van der Waals surface area contributed by atoms with E-state index in [1.54, 1.807) is 12.1 Å². The van der Waals surface area contributed by atoms with Gasteiger partial charge in [-0.1, -0.05) is 34.8 Å². The molecule has 3 aromatic carbocycles. The molecule has 1 aliphatic rings. The maximum absolute atomic E-state index is 13.0. The molecule has 0 heterocycles. The third kappa shape index (κ3) is 7.03. The lowest BCUT2D eigenvalue weighted by Crippen LogP contribution is -2.41. The second-order valence-corrected chi connectivity index (χ2v) is 11.5. The van der Waals surface area contributed by atoms with E-state index in [-0.39, 0.29) is 22.0 Å². The fraction of sp³-hybridized carbons (Fsp3) is 0.200. The van der Waals surface area contributed by atoms with Crippen LogP contribution in [0.1, 0.15) is 21.8 Å².